The molecule has 0 saturated carbocycles. The van der Waals surface area contributed by atoms with Gasteiger partial charge in [0.15, 0.2) is 5.16 Å². The Morgan fingerprint density at radius 3 is 2.68 bits per heavy atom. The predicted molar refractivity (Wildman–Crippen MR) is 91.5 cm³/mol. The van der Waals surface area contributed by atoms with Crippen molar-refractivity contribution in [2.75, 3.05) is 5.75 Å². The third-order valence-corrected chi connectivity index (χ3v) is 4.70. The first-order valence-corrected chi connectivity index (χ1v) is 9.00. The minimum absolute atomic E-state index is 0.0284. The number of nitrogens with zero attached hydrogens (tertiary/aromatic N) is 2. The molecule has 0 atom stereocenters. The zero-order valence-electron chi connectivity index (χ0n) is 13.1. The number of imidazole rings is 1. The Bertz CT molecular complexity index is 610. The molecule has 0 amide bonds. The summed E-state index contributed by atoms with van der Waals surface area (Å²) in [6, 6.07) is 7.72. The summed E-state index contributed by atoms with van der Waals surface area (Å²) >= 11 is 1.67. The first-order valence-electron chi connectivity index (χ1n) is 8.02. The third kappa shape index (κ3) is 4.77. The van der Waals surface area contributed by atoms with E-state index in [0.29, 0.717) is 0 Å². The minimum atomic E-state index is -0.829. The van der Waals surface area contributed by atoms with E-state index in [0.717, 1.165) is 28.4 Å². The molecule has 2 aromatic rings. The van der Waals surface area contributed by atoms with Crippen LogP contribution < -0.4 is 0 Å². The molecule has 0 aliphatic rings. The van der Waals surface area contributed by atoms with Crippen LogP contribution in [0.5, 0.6) is 0 Å². The summed E-state index contributed by atoms with van der Waals surface area (Å²) < 4.78 is 1.80. The summed E-state index contributed by atoms with van der Waals surface area (Å²) in [5.74, 6) is 0.166. The molecule has 0 aliphatic carbocycles. The Kier molecular flexibility index (Phi) is 6.77. The van der Waals surface area contributed by atoms with Crippen molar-refractivity contribution < 1.29 is 9.90 Å². The fraction of sp³-hybridized carbons (Fsp3) is 0.529. The van der Waals surface area contributed by atoms with Gasteiger partial charge in [0.05, 0.1) is 11.0 Å². The highest BCUT2D eigenvalue weighted by molar-refractivity contribution is 7.99. The molecule has 0 spiro atoms. The maximum atomic E-state index is 11.1. The highest BCUT2D eigenvalue weighted by atomic mass is 32.2. The number of rotatable bonds is 10. The van der Waals surface area contributed by atoms with Crippen LogP contribution in [-0.2, 0) is 11.3 Å². The molecule has 2 rings (SSSR count). The van der Waals surface area contributed by atoms with Crippen molar-refractivity contribution >= 4 is 28.8 Å². The van der Waals surface area contributed by atoms with E-state index in [1.165, 1.54) is 32.1 Å². The number of carboxylic acids is 1. The molecule has 120 valence electrons. The van der Waals surface area contributed by atoms with Crippen molar-refractivity contribution in [3.8, 4) is 0 Å². The van der Waals surface area contributed by atoms with Crippen molar-refractivity contribution in [2.45, 2.75) is 57.1 Å². The Balaban J connectivity index is 1.93. The van der Waals surface area contributed by atoms with Crippen LogP contribution in [0.1, 0.15) is 45.4 Å². The third-order valence-electron chi connectivity index (χ3n) is 3.64. The van der Waals surface area contributed by atoms with E-state index in [2.05, 4.69) is 11.9 Å². The molecule has 1 aromatic heterocycles. The molecule has 4 nitrogen and oxygen atoms in total. The van der Waals surface area contributed by atoms with Gasteiger partial charge in [0.1, 0.15) is 6.54 Å². The van der Waals surface area contributed by atoms with Crippen molar-refractivity contribution in [1.82, 2.24) is 9.55 Å². The second-order valence-corrected chi connectivity index (χ2v) is 6.54. The van der Waals surface area contributed by atoms with Gasteiger partial charge in [0.2, 0.25) is 0 Å². The summed E-state index contributed by atoms with van der Waals surface area (Å²) in [4.78, 5) is 15.7. The molecule has 0 bridgehead atoms. The zero-order valence-corrected chi connectivity index (χ0v) is 13.9. The smallest absolute Gasteiger partial charge is 0.323 e. The predicted octanol–water partition coefficient (Wildman–Crippen LogP) is 4.57. The molecule has 0 radical (unpaired) electrons. The van der Waals surface area contributed by atoms with Gasteiger partial charge in [-0.1, -0.05) is 62.9 Å². The van der Waals surface area contributed by atoms with Crippen LogP contribution in [0.3, 0.4) is 0 Å². The number of thioether (sulfide) groups is 1. The highest BCUT2D eigenvalue weighted by Crippen LogP contribution is 2.25. The number of aliphatic carboxylic acids is 1. The Morgan fingerprint density at radius 2 is 1.91 bits per heavy atom. The van der Waals surface area contributed by atoms with Gasteiger partial charge >= 0.3 is 5.97 Å². The molecule has 1 heterocycles. The van der Waals surface area contributed by atoms with E-state index in [-0.39, 0.29) is 6.54 Å². The zero-order chi connectivity index (χ0) is 15.8. The second-order valence-electron chi connectivity index (χ2n) is 5.48. The van der Waals surface area contributed by atoms with Crippen LogP contribution in [0.4, 0.5) is 0 Å². The average molecular weight is 320 g/mol. The topological polar surface area (TPSA) is 55.1 Å². The van der Waals surface area contributed by atoms with Crippen LogP contribution in [0.25, 0.3) is 11.0 Å². The first kappa shape index (κ1) is 16.9. The number of benzene rings is 1. The summed E-state index contributed by atoms with van der Waals surface area (Å²) in [7, 11) is 0. The Labute approximate surface area is 135 Å². The monoisotopic (exact) mass is 320 g/mol. The maximum Gasteiger partial charge on any atom is 0.323 e. The van der Waals surface area contributed by atoms with Crippen LogP contribution in [-0.4, -0.2) is 26.4 Å². The van der Waals surface area contributed by atoms with Gasteiger partial charge in [-0.25, -0.2) is 4.98 Å². The lowest BCUT2D eigenvalue weighted by molar-refractivity contribution is -0.137. The summed E-state index contributed by atoms with van der Waals surface area (Å²) in [6.07, 6.45) is 7.60. The van der Waals surface area contributed by atoms with Crippen molar-refractivity contribution in [3.63, 3.8) is 0 Å². The average Bonchev–Trinajstić information content (AvgIpc) is 2.84. The van der Waals surface area contributed by atoms with Crippen molar-refractivity contribution in [3.05, 3.63) is 24.3 Å². The van der Waals surface area contributed by atoms with Gasteiger partial charge in [-0.3, -0.25) is 4.79 Å². The molecule has 0 unspecified atom stereocenters. The second kappa shape index (κ2) is 8.83. The van der Waals surface area contributed by atoms with Crippen LogP contribution >= 0.6 is 11.8 Å². The minimum Gasteiger partial charge on any atom is -0.480 e. The van der Waals surface area contributed by atoms with E-state index in [4.69, 9.17) is 5.11 Å². The molecular weight excluding hydrogens is 296 g/mol. The van der Waals surface area contributed by atoms with E-state index in [1.54, 1.807) is 16.3 Å². The largest absolute Gasteiger partial charge is 0.480 e. The van der Waals surface area contributed by atoms with E-state index < -0.39 is 5.97 Å². The van der Waals surface area contributed by atoms with E-state index in [1.807, 2.05) is 24.3 Å². The number of carbonyl (C=O) groups is 1. The molecule has 5 heteroatoms. The first-order chi connectivity index (χ1) is 10.7. The Hall–Kier alpha value is -1.49. The fourth-order valence-corrected chi connectivity index (χ4v) is 3.51. The van der Waals surface area contributed by atoms with Gasteiger partial charge in [-0.15, -0.1) is 0 Å². The van der Waals surface area contributed by atoms with Gasteiger partial charge in [-0.2, -0.15) is 0 Å². The number of fused-ring (bicyclic) bond motifs is 1. The standard InChI is InChI=1S/C17H24N2O2S/c1-2-3-4-5-6-9-12-22-17-18-14-10-7-8-11-15(14)19(17)13-16(20)21/h7-8,10-11H,2-6,9,12-13H2,1H3,(H,20,21). The molecule has 1 N–H and O–H groups in total. The lowest BCUT2D eigenvalue weighted by Crippen LogP contribution is -2.09. The van der Waals surface area contributed by atoms with Gasteiger partial charge in [0, 0.05) is 5.75 Å². The van der Waals surface area contributed by atoms with Gasteiger partial charge < -0.3 is 9.67 Å². The molecule has 0 fully saturated rings. The molecular formula is C17H24N2O2S. The maximum absolute atomic E-state index is 11.1. The number of unbranched alkanes of at least 4 members (excludes halogenated alkanes) is 5. The summed E-state index contributed by atoms with van der Waals surface area (Å²) in [5.41, 5.74) is 1.77. The number of aromatic nitrogens is 2. The van der Waals surface area contributed by atoms with Crippen LogP contribution in [0.15, 0.2) is 29.4 Å². The van der Waals surface area contributed by atoms with Crippen molar-refractivity contribution in [2.24, 2.45) is 0 Å². The molecule has 0 aliphatic heterocycles. The normalized spacial score (nSPS) is 11.1. The molecule has 22 heavy (non-hydrogen) atoms. The lowest BCUT2D eigenvalue weighted by Gasteiger charge is -2.06. The molecule has 1 aromatic carbocycles. The number of para-hydroxylation sites is 2. The van der Waals surface area contributed by atoms with Gasteiger partial charge in [-0.05, 0) is 18.6 Å². The summed E-state index contributed by atoms with van der Waals surface area (Å²) in [5, 5.41) is 9.92. The number of hydrogen-bond acceptors (Lipinski definition) is 3. The number of hydrogen-bond donors (Lipinski definition) is 1. The van der Waals surface area contributed by atoms with E-state index in [9.17, 15) is 4.79 Å². The molecule has 0 saturated heterocycles. The van der Waals surface area contributed by atoms with Crippen LogP contribution in [0.2, 0.25) is 0 Å². The summed E-state index contributed by atoms with van der Waals surface area (Å²) in [6.45, 7) is 2.20. The van der Waals surface area contributed by atoms with Gasteiger partial charge in [0.25, 0.3) is 0 Å². The van der Waals surface area contributed by atoms with Crippen LogP contribution in [0, 0.1) is 0 Å². The highest BCUT2D eigenvalue weighted by Gasteiger charge is 2.13. The SMILES string of the molecule is CCCCCCCCSc1nc2ccccc2n1CC(=O)O. The van der Waals surface area contributed by atoms with Crippen molar-refractivity contribution in [1.29, 1.82) is 0 Å². The number of carboxylic acid groups (broad SMARTS) is 1. The lowest BCUT2D eigenvalue weighted by atomic mass is 10.1. The fourth-order valence-electron chi connectivity index (χ4n) is 2.50. The van der Waals surface area contributed by atoms with E-state index >= 15 is 0 Å². The Morgan fingerprint density at radius 1 is 1.18 bits per heavy atom. The quantitative estimate of drug-likeness (QED) is 0.514.